The molecule has 0 nitrogen and oxygen atoms in total. The number of terminal acetylenes is 1. The van der Waals surface area contributed by atoms with E-state index in [1.54, 1.807) is 12.1 Å². The summed E-state index contributed by atoms with van der Waals surface area (Å²) in [6.07, 6.45) is 7.44. The van der Waals surface area contributed by atoms with Crippen LogP contribution in [-0.2, 0) is 5.41 Å². The van der Waals surface area contributed by atoms with E-state index in [1.807, 2.05) is 6.92 Å². The molecule has 1 aliphatic rings. The molecule has 1 fully saturated rings. The van der Waals surface area contributed by atoms with E-state index in [-0.39, 0.29) is 11.2 Å². The SMILES string of the molecule is C#CC1(c2cc(F)ccc2C)CC1. The molecule has 2 rings (SSSR count). The summed E-state index contributed by atoms with van der Waals surface area (Å²) in [5, 5.41) is 0. The van der Waals surface area contributed by atoms with Gasteiger partial charge in [0.2, 0.25) is 0 Å². The quantitative estimate of drug-likeness (QED) is 0.574. The lowest BCUT2D eigenvalue weighted by Crippen LogP contribution is -2.05. The molecule has 0 aromatic heterocycles. The molecular weight excluding hydrogens is 163 g/mol. The second kappa shape index (κ2) is 2.60. The lowest BCUT2D eigenvalue weighted by atomic mass is 9.93. The number of hydrogen-bond acceptors (Lipinski definition) is 0. The van der Waals surface area contributed by atoms with Crippen molar-refractivity contribution in [3.05, 3.63) is 35.1 Å². The Kier molecular flexibility index (Phi) is 1.66. The third-order valence-electron chi connectivity index (χ3n) is 2.74. The van der Waals surface area contributed by atoms with Crippen LogP contribution < -0.4 is 0 Å². The fourth-order valence-electron chi connectivity index (χ4n) is 1.73. The van der Waals surface area contributed by atoms with Gasteiger partial charge in [0.25, 0.3) is 0 Å². The third-order valence-corrected chi connectivity index (χ3v) is 2.74. The molecule has 0 unspecified atom stereocenters. The van der Waals surface area contributed by atoms with E-state index < -0.39 is 0 Å². The predicted molar refractivity (Wildman–Crippen MR) is 50.9 cm³/mol. The molecule has 0 atom stereocenters. The second-order valence-electron chi connectivity index (χ2n) is 3.69. The predicted octanol–water partition coefficient (Wildman–Crippen LogP) is 2.80. The van der Waals surface area contributed by atoms with Gasteiger partial charge >= 0.3 is 0 Å². The molecule has 1 aromatic carbocycles. The highest BCUT2D eigenvalue weighted by molar-refractivity contribution is 5.45. The van der Waals surface area contributed by atoms with Gasteiger partial charge in [-0.3, -0.25) is 0 Å². The second-order valence-corrected chi connectivity index (χ2v) is 3.69. The first kappa shape index (κ1) is 8.31. The van der Waals surface area contributed by atoms with Crippen LogP contribution in [0, 0.1) is 25.1 Å². The largest absolute Gasteiger partial charge is 0.207 e. The summed E-state index contributed by atoms with van der Waals surface area (Å²) in [4.78, 5) is 0. The fraction of sp³-hybridized carbons (Fsp3) is 0.333. The molecular formula is C12H11F. The maximum absolute atomic E-state index is 13.0. The Morgan fingerprint density at radius 3 is 2.69 bits per heavy atom. The fourth-order valence-corrected chi connectivity index (χ4v) is 1.73. The van der Waals surface area contributed by atoms with Gasteiger partial charge in [-0.05, 0) is 43.0 Å². The first-order valence-electron chi connectivity index (χ1n) is 4.42. The van der Waals surface area contributed by atoms with E-state index in [1.165, 1.54) is 6.07 Å². The van der Waals surface area contributed by atoms with Crippen LogP contribution in [0.4, 0.5) is 4.39 Å². The Bertz CT molecular complexity index is 381. The summed E-state index contributed by atoms with van der Waals surface area (Å²) in [5.74, 6) is 2.58. The number of halogens is 1. The molecule has 0 bridgehead atoms. The van der Waals surface area contributed by atoms with E-state index in [2.05, 4.69) is 5.92 Å². The molecule has 0 amide bonds. The van der Waals surface area contributed by atoms with Crippen LogP contribution in [0.3, 0.4) is 0 Å². The van der Waals surface area contributed by atoms with Gasteiger partial charge in [0, 0.05) is 0 Å². The average molecular weight is 174 g/mol. The zero-order valence-corrected chi connectivity index (χ0v) is 7.60. The molecule has 1 aliphatic carbocycles. The standard InChI is InChI=1S/C12H11F/c1-3-12(6-7-12)11-8-10(13)5-4-9(11)2/h1,4-5,8H,6-7H2,2H3. The van der Waals surface area contributed by atoms with Crippen molar-refractivity contribution in [2.45, 2.75) is 25.2 Å². The third kappa shape index (κ3) is 1.23. The maximum atomic E-state index is 13.0. The van der Waals surface area contributed by atoms with Crippen LogP contribution in [0.5, 0.6) is 0 Å². The number of aryl methyl sites for hydroxylation is 1. The number of benzene rings is 1. The minimum Gasteiger partial charge on any atom is -0.207 e. The molecule has 1 aromatic rings. The minimum atomic E-state index is -0.192. The Hall–Kier alpha value is -1.29. The maximum Gasteiger partial charge on any atom is 0.123 e. The van der Waals surface area contributed by atoms with Crippen molar-refractivity contribution in [2.24, 2.45) is 0 Å². The van der Waals surface area contributed by atoms with Gasteiger partial charge in [0.05, 0.1) is 5.41 Å². The Balaban J connectivity index is 2.52. The van der Waals surface area contributed by atoms with Gasteiger partial charge in [-0.15, -0.1) is 6.42 Å². The Morgan fingerprint density at radius 1 is 1.46 bits per heavy atom. The van der Waals surface area contributed by atoms with Gasteiger partial charge in [-0.2, -0.15) is 0 Å². The monoisotopic (exact) mass is 174 g/mol. The smallest absolute Gasteiger partial charge is 0.123 e. The van der Waals surface area contributed by atoms with Crippen molar-refractivity contribution >= 4 is 0 Å². The van der Waals surface area contributed by atoms with Crippen molar-refractivity contribution in [3.63, 3.8) is 0 Å². The van der Waals surface area contributed by atoms with E-state index >= 15 is 0 Å². The van der Waals surface area contributed by atoms with Gasteiger partial charge in [0.1, 0.15) is 5.82 Å². The summed E-state index contributed by atoms with van der Waals surface area (Å²) in [6.45, 7) is 1.98. The van der Waals surface area contributed by atoms with Crippen molar-refractivity contribution in [3.8, 4) is 12.3 Å². The lowest BCUT2D eigenvalue weighted by Gasteiger charge is -2.11. The molecule has 66 valence electrons. The van der Waals surface area contributed by atoms with Gasteiger partial charge in [-0.25, -0.2) is 4.39 Å². The number of hydrogen-bond donors (Lipinski definition) is 0. The minimum absolute atomic E-state index is 0.147. The van der Waals surface area contributed by atoms with Gasteiger partial charge < -0.3 is 0 Å². The zero-order chi connectivity index (χ0) is 9.47. The Labute approximate surface area is 77.8 Å². The van der Waals surface area contributed by atoms with E-state index in [0.717, 1.165) is 24.0 Å². The highest BCUT2D eigenvalue weighted by Crippen LogP contribution is 2.48. The summed E-state index contributed by atoms with van der Waals surface area (Å²) in [6, 6.07) is 4.84. The summed E-state index contributed by atoms with van der Waals surface area (Å²) in [7, 11) is 0. The Morgan fingerprint density at radius 2 is 2.15 bits per heavy atom. The average Bonchev–Trinajstić information content (AvgIpc) is 2.90. The normalized spacial score (nSPS) is 17.9. The van der Waals surface area contributed by atoms with Crippen LogP contribution in [-0.4, -0.2) is 0 Å². The first-order valence-corrected chi connectivity index (χ1v) is 4.42. The summed E-state index contributed by atoms with van der Waals surface area (Å²) < 4.78 is 13.0. The first-order chi connectivity index (χ1) is 6.18. The molecule has 0 spiro atoms. The van der Waals surface area contributed by atoms with Gasteiger partial charge in [0.15, 0.2) is 0 Å². The van der Waals surface area contributed by atoms with Crippen molar-refractivity contribution < 1.29 is 4.39 Å². The van der Waals surface area contributed by atoms with Gasteiger partial charge in [-0.1, -0.05) is 12.0 Å². The van der Waals surface area contributed by atoms with Crippen molar-refractivity contribution in [1.82, 2.24) is 0 Å². The van der Waals surface area contributed by atoms with E-state index in [9.17, 15) is 4.39 Å². The molecule has 0 radical (unpaired) electrons. The molecule has 0 heterocycles. The van der Waals surface area contributed by atoms with Crippen molar-refractivity contribution in [2.75, 3.05) is 0 Å². The molecule has 0 saturated heterocycles. The van der Waals surface area contributed by atoms with Crippen LogP contribution >= 0.6 is 0 Å². The summed E-state index contributed by atoms with van der Waals surface area (Å²) >= 11 is 0. The lowest BCUT2D eigenvalue weighted by molar-refractivity contribution is 0.623. The molecule has 0 N–H and O–H groups in total. The molecule has 13 heavy (non-hydrogen) atoms. The van der Waals surface area contributed by atoms with Crippen LogP contribution in [0.25, 0.3) is 0 Å². The highest BCUT2D eigenvalue weighted by Gasteiger charge is 2.43. The molecule has 1 saturated carbocycles. The summed E-state index contributed by atoms with van der Waals surface area (Å²) in [5.41, 5.74) is 1.94. The molecule has 1 heteroatoms. The van der Waals surface area contributed by atoms with E-state index in [4.69, 9.17) is 6.42 Å². The van der Waals surface area contributed by atoms with Crippen LogP contribution in [0.2, 0.25) is 0 Å². The van der Waals surface area contributed by atoms with Crippen LogP contribution in [0.15, 0.2) is 18.2 Å². The van der Waals surface area contributed by atoms with Crippen molar-refractivity contribution in [1.29, 1.82) is 0 Å². The number of rotatable bonds is 1. The highest BCUT2D eigenvalue weighted by atomic mass is 19.1. The topological polar surface area (TPSA) is 0 Å². The van der Waals surface area contributed by atoms with Crippen LogP contribution in [0.1, 0.15) is 24.0 Å². The van der Waals surface area contributed by atoms with E-state index in [0.29, 0.717) is 0 Å². The zero-order valence-electron chi connectivity index (χ0n) is 7.60. The molecule has 0 aliphatic heterocycles.